The Morgan fingerprint density at radius 2 is 1.41 bits per heavy atom. The van der Waals surface area contributed by atoms with Gasteiger partial charge in [0.15, 0.2) is 0 Å². The number of hydrogen-bond acceptors (Lipinski definition) is 8. The van der Waals surface area contributed by atoms with Crippen molar-refractivity contribution in [2.45, 2.75) is 69.6 Å². The van der Waals surface area contributed by atoms with Crippen molar-refractivity contribution in [3.8, 4) is 5.75 Å². The minimum Gasteiger partial charge on any atom is -0.497 e. The lowest BCUT2D eigenvalue weighted by atomic mass is 10.0. The largest absolute Gasteiger partial charge is 0.497 e. The zero-order valence-electron chi connectivity index (χ0n) is 26.6. The Hall–Kier alpha value is -4.51. The van der Waals surface area contributed by atoms with Gasteiger partial charge in [-0.2, -0.15) is 0 Å². The van der Waals surface area contributed by atoms with Gasteiger partial charge in [-0.25, -0.2) is 14.4 Å². The van der Waals surface area contributed by atoms with Crippen molar-refractivity contribution in [2.24, 2.45) is 0 Å². The molecule has 2 atom stereocenters. The number of esters is 1. The van der Waals surface area contributed by atoms with Crippen LogP contribution in [-0.4, -0.2) is 59.6 Å². The average Bonchev–Trinajstić information content (AvgIpc) is 3.03. The summed E-state index contributed by atoms with van der Waals surface area (Å²) in [7, 11) is 1.55. The monoisotopic (exact) mass is 650 g/mol. The highest BCUT2D eigenvalue weighted by molar-refractivity contribution is 7.99. The lowest BCUT2D eigenvalue weighted by Gasteiger charge is -2.23. The van der Waals surface area contributed by atoms with Crippen LogP contribution in [-0.2, 0) is 30.5 Å². The predicted molar refractivity (Wildman–Crippen MR) is 177 cm³/mol. The molecule has 0 aliphatic rings. The molecule has 46 heavy (non-hydrogen) atoms. The Balaban J connectivity index is 1.58. The number of ether oxygens (including phenoxy) is 3. The third kappa shape index (κ3) is 12.5. The topological polar surface area (TPSA) is 140 Å². The molecule has 0 heterocycles. The number of carbonyl (C=O) groups excluding carboxylic acids is 3. The number of amides is 2. The lowest BCUT2D eigenvalue weighted by Crippen LogP contribution is -2.45. The Bertz CT molecular complexity index is 1370. The molecule has 0 saturated carbocycles. The van der Waals surface area contributed by atoms with Crippen molar-refractivity contribution >= 4 is 35.7 Å². The van der Waals surface area contributed by atoms with Gasteiger partial charge in [0.1, 0.15) is 30.0 Å². The summed E-state index contributed by atoms with van der Waals surface area (Å²) >= 11 is 1.43. The van der Waals surface area contributed by atoms with E-state index in [0.29, 0.717) is 5.75 Å². The first-order valence-electron chi connectivity index (χ1n) is 15.0. The summed E-state index contributed by atoms with van der Waals surface area (Å²) in [5.74, 6) is -1.52. The number of nitrogens with one attached hydrogen (secondary N) is 2. The number of carboxylic acid groups (broad SMARTS) is 1. The van der Waals surface area contributed by atoms with E-state index in [-0.39, 0.29) is 36.9 Å². The number of thioether (sulfide) groups is 1. The van der Waals surface area contributed by atoms with E-state index in [1.165, 1.54) is 11.8 Å². The number of methoxy groups -OCH3 is 1. The van der Waals surface area contributed by atoms with Gasteiger partial charge in [-0.3, -0.25) is 4.79 Å². The van der Waals surface area contributed by atoms with Gasteiger partial charge in [0.2, 0.25) is 5.91 Å². The first-order chi connectivity index (χ1) is 21.9. The zero-order valence-corrected chi connectivity index (χ0v) is 27.4. The fourth-order valence-electron chi connectivity index (χ4n) is 4.42. The summed E-state index contributed by atoms with van der Waals surface area (Å²) in [6, 6.07) is 24.3. The minimum atomic E-state index is -1.15. The molecule has 0 spiro atoms. The molecule has 3 aromatic rings. The molecule has 0 unspecified atom stereocenters. The summed E-state index contributed by atoms with van der Waals surface area (Å²) in [5.41, 5.74) is 1.99. The molecule has 0 radical (unpaired) electrons. The van der Waals surface area contributed by atoms with E-state index in [2.05, 4.69) is 10.6 Å². The molecule has 0 aliphatic carbocycles. The highest BCUT2D eigenvalue weighted by Crippen LogP contribution is 2.35. The molecule has 3 aromatic carbocycles. The van der Waals surface area contributed by atoms with Crippen LogP contribution >= 0.6 is 11.8 Å². The van der Waals surface area contributed by atoms with Gasteiger partial charge in [0.25, 0.3) is 0 Å². The fourth-order valence-corrected chi connectivity index (χ4v) is 5.73. The first-order valence-corrected chi connectivity index (χ1v) is 16.0. The van der Waals surface area contributed by atoms with Crippen LogP contribution in [0.25, 0.3) is 0 Å². The Kier molecular flexibility index (Phi) is 13.9. The van der Waals surface area contributed by atoms with E-state index >= 15 is 0 Å². The highest BCUT2D eigenvalue weighted by atomic mass is 32.2. The van der Waals surface area contributed by atoms with Crippen molar-refractivity contribution in [3.05, 3.63) is 102 Å². The molecule has 2 amide bonds. The van der Waals surface area contributed by atoms with Gasteiger partial charge in [0, 0.05) is 12.2 Å². The zero-order chi connectivity index (χ0) is 33.5. The van der Waals surface area contributed by atoms with Crippen LogP contribution in [0.4, 0.5) is 4.79 Å². The normalized spacial score (nSPS) is 12.5. The third-order valence-electron chi connectivity index (χ3n) is 6.68. The number of carboxylic acids is 1. The molecule has 10 nitrogen and oxygen atoms in total. The molecule has 3 rings (SSSR count). The van der Waals surface area contributed by atoms with Gasteiger partial charge < -0.3 is 30.0 Å². The van der Waals surface area contributed by atoms with E-state index in [0.717, 1.165) is 16.7 Å². The molecule has 0 aromatic heterocycles. The van der Waals surface area contributed by atoms with Crippen LogP contribution in [0.15, 0.2) is 84.9 Å². The third-order valence-corrected chi connectivity index (χ3v) is 8.08. The van der Waals surface area contributed by atoms with Gasteiger partial charge in [-0.15, -0.1) is 11.8 Å². The Labute approximate surface area is 274 Å². The smallest absolute Gasteiger partial charge is 0.408 e. The minimum absolute atomic E-state index is 0.0271. The first kappa shape index (κ1) is 36.0. The molecule has 11 heteroatoms. The van der Waals surface area contributed by atoms with Crippen LogP contribution < -0.4 is 15.4 Å². The molecule has 0 bridgehead atoms. The quantitative estimate of drug-likeness (QED) is 0.162. The van der Waals surface area contributed by atoms with Crippen LogP contribution in [0.1, 0.15) is 62.0 Å². The van der Waals surface area contributed by atoms with E-state index in [1.807, 2.05) is 60.7 Å². The second kappa shape index (κ2) is 17.8. The van der Waals surface area contributed by atoms with Crippen LogP contribution in [0.3, 0.4) is 0 Å². The second-order valence-corrected chi connectivity index (χ2v) is 12.7. The molecular formula is C35H42N2O8S. The van der Waals surface area contributed by atoms with Gasteiger partial charge >= 0.3 is 18.0 Å². The molecule has 246 valence electrons. The Morgan fingerprint density at radius 3 is 1.93 bits per heavy atom. The standard InChI is InChI=1S/C35H42N2O8S/c1-35(2,3)45-34(42)37-28(33(41)44-22-24-18-20-27(43-4)21-19-24)16-11-17-30(38)36-29(32(39)40)23-46-31(25-12-7-5-8-13-25)26-14-9-6-10-15-26/h5-10,12-15,18-21,28-29,31H,11,16-17,22-23H2,1-4H3,(H,36,38)(H,37,42)(H,39,40)/t28-,29-/m0/s1. The van der Waals surface area contributed by atoms with E-state index in [9.17, 15) is 24.3 Å². The maximum absolute atomic E-state index is 13.0. The number of alkyl carbamates (subject to hydrolysis) is 1. The SMILES string of the molecule is COc1ccc(COC(=O)[C@H](CCCC(=O)N[C@@H](CSC(c2ccccc2)c2ccccc2)C(=O)O)NC(=O)OC(C)(C)C)cc1. The highest BCUT2D eigenvalue weighted by Gasteiger charge is 2.27. The number of aliphatic carboxylic acids is 1. The number of benzene rings is 3. The number of hydrogen-bond donors (Lipinski definition) is 3. The summed E-state index contributed by atoms with van der Waals surface area (Å²) in [4.78, 5) is 50.4. The maximum atomic E-state index is 13.0. The number of rotatable bonds is 16. The predicted octanol–water partition coefficient (Wildman–Crippen LogP) is 5.89. The Morgan fingerprint density at radius 1 is 0.826 bits per heavy atom. The maximum Gasteiger partial charge on any atom is 0.408 e. The van der Waals surface area contributed by atoms with Crippen molar-refractivity contribution < 1.29 is 38.5 Å². The number of carbonyl (C=O) groups is 4. The summed E-state index contributed by atoms with van der Waals surface area (Å²) in [6.45, 7) is 5.08. The van der Waals surface area contributed by atoms with Gasteiger partial charge in [-0.1, -0.05) is 72.8 Å². The van der Waals surface area contributed by atoms with Gasteiger partial charge in [-0.05, 0) is 62.4 Å². The summed E-state index contributed by atoms with van der Waals surface area (Å²) in [6.07, 6.45) is -0.601. The fraction of sp³-hybridized carbons (Fsp3) is 0.371. The van der Waals surface area contributed by atoms with E-state index in [4.69, 9.17) is 14.2 Å². The molecule has 0 aliphatic heterocycles. The second-order valence-electron chi connectivity index (χ2n) is 11.5. The molecule has 3 N–H and O–H groups in total. The van der Waals surface area contributed by atoms with Gasteiger partial charge in [0.05, 0.1) is 12.4 Å². The lowest BCUT2D eigenvalue weighted by molar-refractivity contribution is -0.147. The molecule has 0 saturated heterocycles. The van der Waals surface area contributed by atoms with Crippen molar-refractivity contribution in [2.75, 3.05) is 12.9 Å². The van der Waals surface area contributed by atoms with Crippen LogP contribution in [0.5, 0.6) is 5.75 Å². The molecule has 0 fully saturated rings. The van der Waals surface area contributed by atoms with Crippen LogP contribution in [0, 0.1) is 0 Å². The van der Waals surface area contributed by atoms with E-state index in [1.54, 1.807) is 52.1 Å². The van der Waals surface area contributed by atoms with E-state index < -0.39 is 41.6 Å². The van der Waals surface area contributed by atoms with Crippen LogP contribution in [0.2, 0.25) is 0 Å². The molecular weight excluding hydrogens is 608 g/mol. The van der Waals surface area contributed by atoms with Crippen molar-refractivity contribution in [1.82, 2.24) is 10.6 Å². The average molecular weight is 651 g/mol. The van der Waals surface area contributed by atoms with Crippen molar-refractivity contribution in [3.63, 3.8) is 0 Å². The summed E-state index contributed by atoms with van der Waals surface area (Å²) in [5, 5.41) is 14.9. The van der Waals surface area contributed by atoms with Crippen molar-refractivity contribution in [1.29, 1.82) is 0 Å². The summed E-state index contributed by atoms with van der Waals surface area (Å²) < 4.78 is 15.9.